The van der Waals surface area contributed by atoms with Gasteiger partial charge in [0.2, 0.25) is 5.88 Å². The molecule has 6 N–H and O–H groups in total. The van der Waals surface area contributed by atoms with Crippen LogP contribution in [0.1, 0.15) is 33.3 Å². The zero-order valence-electron chi connectivity index (χ0n) is 18.2. The van der Waals surface area contributed by atoms with Gasteiger partial charge in [0.15, 0.2) is 0 Å². The van der Waals surface area contributed by atoms with E-state index in [1.165, 1.54) is 0 Å². The van der Waals surface area contributed by atoms with Crippen LogP contribution in [-0.2, 0) is 4.74 Å². The Balaban J connectivity index is 1.81. The molecule has 1 aromatic rings. The van der Waals surface area contributed by atoms with E-state index in [0.29, 0.717) is 35.5 Å². The average molecular weight is 438 g/mol. The third-order valence-corrected chi connectivity index (χ3v) is 4.95. The van der Waals surface area contributed by atoms with Crippen molar-refractivity contribution >= 4 is 17.3 Å². The molecule has 0 aliphatic carbocycles. The normalized spacial score (nSPS) is 16.4. The maximum Gasteiger partial charge on any atom is 0.207 e. The molecule has 1 aliphatic heterocycles. The summed E-state index contributed by atoms with van der Waals surface area (Å²) in [7, 11) is 0. The van der Waals surface area contributed by atoms with Crippen molar-refractivity contribution in [3.05, 3.63) is 52.0 Å². The van der Waals surface area contributed by atoms with Crippen LogP contribution in [0.3, 0.4) is 0 Å². The van der Waals surface area contributed by atoms with Crippen LogP contribution in [0.25, 0.3) is 0 Å². The maximum atomic E-state index is 10.3. The number of aliphatic hydroxyl groups excluding tert-OH is 1. The largest absolute Gasteiger partial charge is 0.489 e. The van der Waals surface area contributed by atoms with Gasteiger partial charge in [0.05, 0.1) is 10.7 Å². The van der Waals surface area contributed by atoms with Gasteiger partial charge in [0.1, 0.15) is 30.8 Å². The first-order chi connectivity index (χ1) is 14.1. The van der Waals surface area contributed by atoms with Gasteiger partial charge in [-0.2, -0.15) is 5.10 Å². The summed E-state index contributed by atoms with van der Waals surface area (Å²) < 4.78 is 11.5. The second-order valence-corrected chi connectivity index (χ2v) is 8.43. The second kappa shape index (κ2) is 10.6. The standard InChI is InChI=1S/C21H32ClN5O3/c1-13(2)20-16(25-23)9-18(26-27-20)30-12-21(4,5)24-10-15(28)11-29-17-8-6-7-14(3)19(17)22/h6-9,15,24,26-28H,10-12,23H2,1-5H3. The Morgan fingerprint density at radius 1 is 1.30 bits per heavy atom. The number of halogens is 1. The van der Waals surface area contributed by atoms with Crippen molar-refractivity contribution in [2.75, 3.05) is 19.8 Å². The molecule has 0 spiro atoms. The number of hydrazine groups is 1. The van der Waals surface area contributed by atoms with E-state index in [-0.39, 0.29) is 6.61 Å². The number of allylic oxidation sites excluding steroid dienone is 2. The lowest BCUT2D eigenvalue weighted by molar-refractivity contribution is 0.0801. The Bertz CT molecular complexity index is 832. The number of hydrogen-bond acceptors (Lipinski definition) is 8. The summed E-state index contributed by atoms with van der Waals surface area (Å²) >= 11 is 6.21. The number of nitrogens with one attached hydrogen (secondary N) is 3. The lowest BCUT2D eigenvalue weighted by atomic mass is 10.1. The number of rotatable bonds is 9. The minimum absolute atomic E-state index is 0.130. The van der Waals surface area contributed by atoms with Crippen LogP contribution in [0.5, 0.6) is 5.75 Å². The van der Waals surface area contributed by atoms with Crippen molar-refractivity contribution in [3.63, 3.8) is 0 Å². The number of hydrogen-bond donors (Lipinski definition) is 5. The van der Waals surface area contributed by atoms with Crippen molar-refractivity contribution in [3.8, 4) is 5.75 Å². The van der Waals surface area contributed by atoms with Crippen LogP contribution in [0, 0.1) is 6.92 Å². The number of aryl methyl sites for hydroxylation is 1. The summed E-state index contributed by atoms with van der Waals surface area (Å²) in [6, 6.07) is 5.56. The van der Waals surface area contributed by atoms with Crippen molar-refractivity contribution in [2.45, 2.75) is 46.3 Å². The minimum Gasteiger partial charge on any atom is -0.489 e. The molecule has 166 valence electrons. The highest BCUT2D eigenvalue weighted by Crippen LogP contribution is 2.27. The van der Waals surface area contributed by atoms with Crippen molar-refractivity contribution < 1.29 is 14.6 Å². The van der Waals surface area contributed by atoms with E-state index in [4.69, 9.17) is 26.9 Å². The maximum absolute atomic E-state index is 10.3. The zero-order chi connectivity index (χ0) is 22.3. The summed E-state index contributed by atoms with van der Waals surface area (Å²) in [5, 5.41) is 17.9. The fourth-order valence-corrected chi connectivity index (χ4v) is 2.84. The van der Waals surface area contributed by atoms with Crippen LogP contribution in [0.4, 0.5) is 0 Å². The molecule has 0 fully saturated rings. The second-order valence-electron chi connectivity index (χ2n) is 8.05. The number of benzene rings is 1. The molecule has 30 heavy (non-hydrogen) atoms. The summed E-state index contributed by atoms with van der Waals surface area (Å²) in [4.78, 5) is 0. The molecule has 0 saturated carbocycles. The predicted molar refractivity (Wildman–Crippen MR) is 120 cm³/mol. The number of nitrogens with zero attached hydrogens (tertiary/aromatic N) is 1. The van der Waals surface area contributed by atoms with Crippen LogP contribution in [-0.4, -0.2) is 42.2 Å². The highest BCUT2D eigenvalue weighted by atomic mass is 35.5. The minimum atomic E-state index is -0.703. The molecular formula is C21H32ClN5O3. The number of hydrazone groups is 1. The van der Waals surface area contributed by atoms with Crippen molar-refractivity contribution in [2.24, 2.45) is 10.9 Å². The van der Waals surface area contributed by atoms with E-state index in [1.54, 1.807) is 12.1 Å². The molecule has 1 aliphatic rings. The molecule has 0 bridgehead atoms. The van der Waals surface area contributed by atoms with E-state index in [1.807, 2.05) is 46.8 Å². The molecule has 8 nitrogen and oxygen atoms in total. The Labute approximate surface area is 183 Å². The van der Waals surface area contributed by atoms with Crippen LogP contribution >= 0.6 is 11.6 Å². The number of β-amino-alcohol motifs (C(OH)–C–C–N with tert-alkyl or cyclic N) is 1. The topological polar surface area (TPSA) is 113 Å². The molecular weight excluding hydrogens is 406 g/mol. The van der Waals surface area contributed by atoms with E-state index in [9.17, 15) is 5.11 Å². The van der Waals surface area contributed by atoms with Crippen molar-refractivity contribution in [1.29, 1.82) is 0 Å². The van der Waals surface area contributed by atoms with Gasteiger partial charge >= 0.3 is 0 Å². The SMILES string of the molecule is CC(C)=C1NNC(OCC(C)(C)NCC(O)COc2cccc(C)c2Cl)=CC1=NN. The molecule has 1 unspecified atom stereocenters. The smallest absolute Gasteiger partial charge is 0.207 e. The first-order valence-electron chi connectivity index (χ1n) is 9.76. The van der Waals surface area contributed by atoms with E-state index in [2.05, 4.69) is 21.3 Å². The monoisotopic (exact) mass is 437 g/mol. The van der Waals surface area contributed by atoms with Crippen LogP contribution in [0.2, 0.25) is 5.02 Å². The molecule has 0 saturated heterocycles. The lowest BCUT2D eigenvalue weighted by Gasteiger charge is -2.30. The molecule has 1 aromatic carbocycles. The summed E-state index contributed by atoms with van der Waals surface area (Å²) in [5.41, 5.74) is 9.02. The van der Waals surface area contributed by atoms with Gasteiger partial charge < -0.3 is 25.7 Å². The Kier molecular flexibility index (Phi) is 8.40. The first-order valence-corrected chi connectivity index (χ1v) is 10.1. The molecule has 1 heterocycles. The Hall–Kier alpha value is -2.42. The highest BCUT2D eigenvalue weighted by molar-refractivity contribution is 6.32. The number of ether oxygens (including phenoxy) is 2. The van der Waals surface area contributed by atoms with E-state index in [0.717, 1.165) is 16.8 Å². The van der Waals surface area contributed by atoms with E-state index >= 15 is 0 Å². The summed E-state index contributed by atoms with van der Waals surface area (Å²) in [5.74, 6) is 6.55. The van der Waals surface area contributed by atoms with Gasteiger partial charge in [0, 0.05) is 18.2 Å². The zero-order valence-corrected chi connectivity index (χ0v) is 18.9. The average Bonchev–Trinajstić information content (AvgIpc) is 2.71. The number of nitrogens with two attached hydrogens (primary N) is 1. The van der Waals surface area contributed by atoms with Crippen LogP contribution < -0.4 is 26.7 Å². The predicted octanol–water partition coefficient (Wildman–Crippen LogP) is 2.33. The molecule has 9 heteroatoms. The third-order valence-electron chi connectivity index (χ3n) is 4.47. The molecule has 2 rings (SSSR count). The van der Waals surface area contributed by atoms with Gasteiger partial charge in [-0.3, -0.25) is 10.9 Å². The molecule has 0 radical (unpaired) electrons. The van der Waals surface area contributed by atoms with Gasteiger partial charge in [-0.15, -0.1) is 0 Å². The van der Waals surface area contributed by atoms with Gasteiger partial charge in [-0.1, -0.05) is 23.7 Å². The first kappa shape index (κ1) is 23.9. The summed E-state index contributed by atoms with van der Waals surface area (Å²) in [6.45, 7) is 10.6. The van der Waals surface area contributed by atoms with Gasteiger partial charge in [0.25, 0.3) is 0 Å². The fourth-order valence-electron chi connectivity index (χ4n) is 2.66. The molecule has 0 amide bonds. The lowest BCUT2D eigenvalue weighted by Crippen LogP contribution is -2.49. The van der Waals surface area contributed by atoms with E-state index < -0.39 is 11.6 Å². The van der Waals surface area contributed by atoms with Crippen molar-refractivity contribution in [1.82, 2.24) is 16.2 Å². The fraction of sp³-hybridized carbons (Fsp3) is 0.476. The highest BCUT2D eigenvalue weighted by Gasteiger charge is 2.22. The quantitative estimate of drug-likeness (QED) is 0.297. The number of aliphatic hydroxyl groups is 1. The van der Waals surface area contributed by atoms with Gasteiger partial charge in [-0.25, -0.2) is 0 Å². The van der Waals surface area contributed by atoms with Crippen LogP contribution in [0.15, 0.2) is 46.5 Å². The molecule has 0 aromatic heterocycles. The Morgan fingerprint density at radius 3 is 2.70 bits per heavy atom. The Morgan fingerprint density at radius 2 is 2.03 bits per heavy atom. The summed E-state index contributed by atoms with van der Waals surface area (Å²) in [6.07, 6.45) is 1.04. The van der Waals surface area contributed by atoms with Gasteiger partial charge in [-0.05, 0) is 51.8 Å². The third kappa shape index (κ3) is 6.83. The molecule has 1 atom stereocenters.